The van der Waals surface area contributed by atoms with E-state index >= 15 is 0 Å². The van der Waals surface area contributed by atoms with Crippen LogP contribution < -0.4 is 0 Å². The fourth-order valence-corrected chi connectivity index (χ4v) is 3.62. The highest BCUT2D eigenvalue weighted by molar-refractivity contribution is 6.03. The van der Waals surface area contributed by atoms with Crippen molar-refractivity contribution < 1.29 is 0 Å². The minimum Gasteiger partial charge on any atom is -0.248 e. The number of rotatable bonds is 2. The van der Waals surface area contributed by atoms with Gasteiger partial charge in [0, 0.05) is 10.8 Å². The van der Waals surface area contributed by atoms with Crippen LogP contribution in [-0.4, -0.2) is 4.98 Å². The highest BCUT2D eigenvalue weighted by Crippen LogP contribution is 2.36. The van der Waals surface area contributed by atoms with Crippen molar-refractivity contribution in [3.8, 4) is 22.3 Å². The lowest BCUT2D eigenvalue weighted by Gasteiger charge is -2.13. The predicted octanol–water partition coefficient (Wildman–Crippen LogP) is 6.72. The summed E-state index contributed by atoms with van der Waals surface area (Å²) in [4.78, 5) is 4.87. The summed E-state index contributed by atoms with van der Waals surface area (Å²) in [6.45, 7) is 0. The number of fused-ring (bicyclic) bond motifs is 2. The molecule has 0 unspecified atom stereocenters. The van der Waals surface area contributed by atoms with Crippen molar-refractivity contribution in [3.63, 3.8) is 0 Å². The highest BCUT2D eigenvalue weighted by Gasteiger charge is 2.11. The van der Waals surface area contributed by atoms with Crippen molar-refractivity contribution in [1.82, 2.24) is 4.98 Å². The van der Waals surface area contributed by atoms with Crippen LogP contribution in [0, 0.1) is 0 Å². The molecule has 1 nitrogen and oxygen atoms in total. The van der Waals surface area contributed by atoms with Gasteiger partial charge in [-0.2, -0.15) is 0 Å². The van der Waals surface area contributed by atoms with Crippen molar-refractivity contribution in [2.45, 2.75) is 0 Å². The van der Waals surface area contributed by atoms with E-state index in [1.54, 1.807) is 0 Å². The third-order valence-corrected chi connectivity index (χ3v) is 4.86. The lowest BCUT2D eigenvalue weighted by Crippen LogP contribution is -1.89. The third-order valence-electron chi connectivity index (χ3n) is 4.86. The summed E-state index contributed by atoms with van der Waals surface area (Å²) in [7, 11) is 0. The van der Waals surface area contributed by atoms with Gasteiger partial charge in [-0.3, -0.25) is 0 Å². The largest absolute Gasteiger partial charge is 0.248 e. The molecule has 0 radical (unpaired) electrons. The minimum absolute atomic E-state index is 1.03. The van der Waals surface area contributed by atoms with Crippen molar-refractivity contribution >= 4 is 21.8 Å². The van der Waals surface area contributed by atoms with E-state index in [1.807, 2.05) is 6.07 Å². The van der Waals surface area contributed by atoms with E-state index in [0.717, 1.165) is 11.0 Å². The average molecular weight is 331 g/mol. The Bertz CT molecular complexity index is 1220. The van der Waals surface area contributed by atoms with Gasteiger partial charge in [0.05, 0.1) is 11.0 Å². The summed E-state index contributed by atoms with van der Waals surface area (Å²) in [6.07, 6.45) is 0. The number of nitrogens with zero attached hydrogens (tertiary/aromatic N) is 1. The molecule has 0 aliphatic carbocycles. The molecular weight excluding hydrogens is 314 g/mol. The maximum atomic E-state index is 4.87. The van der Waals surface area contributed by atoms with Gasteiger partial charge in [0.1, 0.15) is 0 Å². The summed E-state index contributed by atoms with van der Waals surface area (Å²) in [5.41, 5.74) is 7.00. The lowest BCUT2D eigenvalue weighted by molar-refractivity contribution is 1.49. The van der Waals surface area contributed by atoms with Crippen LogP contribution in [0.4, 0.5) is 0 Å². The molecule has 0 aliphatic heterocycles. The third kappa shape index (κ3) is 2.46. The molecule has 0 N–H and O–H groups in total. The van der Waals surface area contributed by atoms with E-state index in [9.17, 15) is 0 Å². The maximum absolute atomic E-state index is 4.87. The Labute approximate surface area is 152 Å². The predicted molar refractivity (Wildman–Crippen MR) is 110 cm³/mol. The second kappa shape index (κ2) is 6.12. The molecule has 0 aliphatic rings. The van der Waals surface area contributed by atoms with Crippen LogP contribution in [0.3, 0.4) is 0 Å². The van der Waals surface area contributed by atoms with Crippen LogP contribution in [0.5, 0.6) is 0 Å². The normalized spacial score (nSPS) is 11.1. The molecule has 0 amide bonds. The molecule has 0 bridgehead atoms. The molecular formula is C25H17N. The van der Waals surface area contributed by atoms with Gasteiger partial charge in [-0.05, 0) is 40.5 Å². The Morgan fingerprint density at radius 2 is 1.12 bits per heavy atom. The van der Waals surface area contributed by atoms with E-state index in [4.69, 9.17) is 4.98 Å². The summed E-state index contributed by atoms with van der Waals surface area (Å²) < 4.78 is 0. The zero-order valence-electron chi connectivity index (χ0n) is 14.3. The first-order chi connectivity index (χ1) is 12.9. The van der Waals surface area contributed by atoms with Crippen LogP contribution in [-0.2, 0) is 0 Å². The van der Waals surface area contributed by atoms with Crippen molar-refractivity contribution in [2.75, 3.05) is 0 Å². The van der Waals surface area contributed by atoms with Gasteiger partial charge in [0.25, 0.3) is 0 Å². The van der Waals surface area contributed by atoms with Crippen LogP contribution >= 0.6 is 0 Å². The first-order valence-corrected chi connectivity index (χ1v) is 8.83. The van der Waals surface area contributed by atoms with Gasteiger partial charge in [0.15, 0.2) is 0 Å². The van der Waals surface area contributed by atoms with Crippen molar-refractivity contribution in [1.29, 1.82) is 0 Å². The Morgan fingerprint density at radius 1 is 0.462 bits per heavy atom. The SMILES string of the molecule is c1ccc(-c2ccccc2-c2cccc3nc4ccccc4cc23)cc1. The average Bonchev–Trinajstić information content (AvgIpc) is 2.72. The molecule has 0 spiro atoms. The van der Waals surface area contributed by atoms with E-state index in [1.165, 1.54) is 33.0 Å². The number of hydrogen-bond donors (Lipinski definition) is 0. The number of pyridine rings is 1. The van der Waals surface area contributed by atoms with Gasteiger partial charge in [0.2, 0.25) is 0 Å². The standard InChI is InChI=1S/C25H17N/c1-2-9-18(10-3-1)20-12-5-6-13-21(20)22-14-8-16-25-23(22)17-19-11-4-7-15-24(19)26-25/h1-17H. The van der Waals surface area contributed by atoms with E-state index in [2.05, 4.69) is 97.1 Å². The summed E-state index contributed by atoms with van der Waals surface area (Å²) in [5, 5.41) is 2.36. The zero-order valence-corrected chi connectivity index (χ0v) is 14.3. The highest BCUT2D eigenvalue weighted by atomic mass is 14.7. The molecule has 1 heterocycles. The molecule has 122 valence electrons. The first-order valence-electron chi connectivity index (χ1n) is 8.83. The summed E-state index contributed by atoms with van der Waals surface area (Å²) in [5.74, 6) is 0. The molecule has 4 aromatic carbocycles. The van der Waals surface area contributed by atoms with Crippen LogP contribution in [0.15, 0.2) is 103 Å². The molecule has 1 heteroatoms. The minimum atomic E-state index is 1.03. The van der Waals surface area contributed by atoms with Crippen LogP contribution in [0.1, 0.15) is 0 Å². The molecule has 5 aromatic rings. The number of hydrogen-bond acceptors (Lipinski definition) is 1. The number of benzene rings is 4. The van der Waals surface area contributed by atoms with Gasteiger partial charge in [-0.15, -0.1) is 0 Å². The quantitative estimate of drug-likeness (QED) is 0.327. The molecule has 0 saturated heterocycles. The number of para-hydroxylation sites is 1. The monoisotopic (exact) mass is 331 g/mol. The first kappa shape index (κ1) is 14.9. The van der Waals surface area contributed by atoms with E-state index in [-0.39, 0.29) is 0 Å². The topological polar surface area (TPSA) is 12.9 Å². The van der Waals surface area contributed by atoms with Gasteiger partial charge in [-0.25, -0.2) is 4.98 Å². The van der Waals surface area contributed by atoms with Crippen molar-refractivity contribution in [2.24, 2.45) is 0 Å². The Balaban J connectivity index is 1.82. The molecule has 0 fully saturated rings. The van der Waals surface area contributed by atoms with Gasteiger partial charge >= 0.3 is 0 Å². The maximum Gasteiger partial charge on any atom is 0.0715 e. The Hall–Kier alpha value is -3.45. The Kier molecular flexibility index (Phi) is 3.50. The zero-order chi connectivity index (χ0) is 17.3. The van der Waals surface area contributed by atoms with Crippen molar-refractivity contribution in [3.05, 3.63) is 103 Å². The fraction of sp³-hybridized carbons (Fsp3) is 0. The molecule has 5 rings (SSSR count). The summed E-state index contributed by atoms with van der Waals surface area (Å²) >= 11 is 0. The fourth-order valence-electron chi connectivity index (χ4n) is 3.62. The number of aromatic nitrogens is 1. The lowest BCUT2D eigenvalue weighted by atomic mass is 9.92. The van der Waals surface area contributed by atoms with E-state index < -0.39 is 0 Å². The van der Waals surface area contributed by atoms with Gasteiger partial charge in [-0.1, -0.05) is 84.9 Å². The molecule has 26 heavy (non-hydrogen) atoms. The van der Waals surface area contributed by atoms with Gasteiger partial charge < -0.3 is 0 Å². The molecule has 0 saturated carbocycles. The van der Waals surface area contributed by atoms with E-state index in [0.29, 0.717) is 0 Å². The summed E-state index contributed by atoms with van der Waals surface area (Å²) in [6, 6.07) is 36.1. The second-order valence-electron chi connectivity index (χ2n) is 6.46. The second-order valence-corrected chi connectivity index (χ2v) is 6.46. The smallest absolute Gasteiger partial charge is 0.0715 e. The molecule has 0 atom stereocenters. The van der Waals surface area contributed by atoms with Crippen LogP contribution in [0.25, 0.3) is 44.1 Å². The van der Waals surface area contributed by atoms with Crippen LogP contribution in [0.2, 0.25) is 0 Å². The molecule has 1 aromatic heterocycles. The Morgan fingerprint density at radius 3 is 2.00 bits per heavy atom.